The summed E-state index contributed by atoms with van der Waals surface area (Å²) in [5.74, 6) is 0. The summed E-state index contributed by atoms with van der Waals surface area (Å²) in [6, 6.07) is 0. The second-order valence-corrected chi connectivity index (χ2v) is 2.09. The Hall–Kier alpha value is -2.24. The summed E-state index contributed by atoms with van der Waals surface area (Å²) >= 11 is 0. The summed E-state index contributed by atoms with van der Waals surface area (Å²) < 4.78 is 0. The molecule has 0 amide bonds. The molecule has 0 spiro atoms. The largest absolute Gasteiger partial charge is 0.346 e. The number of hydrogen-bond donors (Lipinski definition) is 0. The molecule has 0 aliphatic carbocycles. The third-order valence-corrected chi connectivity index (χ3v) is 1.21. The van der Waals surface area contributed by atoms with Crippen molar-refractivity contribution in [3.8, 4) is 0 Å². The molecule has 0 aromatic rings. The fourth-order valence-corrected chi connectivity index (χ4v) is 0.703. The van der Waals surface area contributed by atoms with E-state index >= 15 is 0 Å². The molecule has 0 saturated carbocycles. The van der Waals surface area contributed by atoms with Gasteiger partial charge in [-0.1, -0.05) is 25.3 Å². The van der Waals surface area contributed by atoms with Gasteiger partial charge in [0.1, 0.15) is 0 Å². The zero-order valence-corrected chi connectivity index (χ0v) is 7.25. The van der Waals surface area contributed by atoms with E-state index in [2.05, 4.69) is 13.2 Å². The lowest BCUT2D eigenvalue weighted by molar-refractivity contribution is -0.479. The van der Waals surface area contributed by atoms with E-state index in [0.29, 0.717) is 0 Å². The summed E-state index contributed by atoms with van der Waals surface area (Å²) in [4.78, 5) is 19.1. The highest BCUT2D eigenvalue weighted by atomic mass is 16.6. The van der Waals surface area contributed by atoms with Gasteiger partial charge in [0.2, 0.25) is 0 Å². The lowest BCUT2D eigenvalue weighted by Gasteiger charge is -1.93. The molecule has 0 saturated heterocycles. The van der Waals surface area contributed by atoms with Crippen LogP contribution in [-0.4, -0.2) is 9.85 Å². The van der Waals surface area contributed by atoms with Gasteiger partial charge in [-0.15, -0.1) is 0 Å². The lowest BCUT2D eigenvalue weighted by atomic mass is 10.3. The predicted molar refractivity (Wildman–Crippen MR) is 50.5 cm³/mol. The van der Waals surface area contributed by atoms with Crippen molar-refractivity contribution in [2.45, 2.75) is 0 Å². The molecular weight excluding hydrogens is 188 g/mol. The molecule has 0 aromatic heterocycles. The van der Waals surface area contributed by atoms with E-state index in [9.17, 15) is 20.2 Å². The highest BCUT2D eigenvalue weighted by Crippen LogP contribution is 2.11. The van der Waals surface area contributed by atoms with Crippen LogP contribution < -0.4 is 0 Å². The maximum absolute atomic E-state index is 10.4. The molecule has 14 heavy (non-hydrogen) atoms. The molecule has 6 nitrogen and oxygen atoms in total. The van der Waals surface area contributed by atoms with Crippen molar-refractivity contribution in [1.29, 1.82) is 0 Å². The van der Waals surface area contributed by atoms with Gasteiger partial charge in [0, 0.05) is 12.2 Å². The minimum Gasteiger partial charge on any atom is -0.258 e. The van der Waals surface area contributed by atoms with Gasteiger partial charge in [0.05, 0.1) is 9.85 Å². The van der Waals surface area contributed by atoms with E-state index in [1.54, 1.807) is 0 Å². The van der Waals surface area contributed by atoms with E-state index in [4.69, 9.17) is 0 Å². The van der Waals surface area contributed by atoms with Crippen LogP contribution in [0.25, 0.3) is 0 Å². The van der Waals surface area contributed by atoms with E-state index < -0.39 is 21.2 Å². The normalized spacial score (nSPS) is 12.0. The summed E-state index contributed by atoms with van der Waals surface area (Å²) in [6.07, 6.45) is 4.13. The Labute approximate surface area is 79.8 Å². The van der Waals surface area contributed by atoms with Crippen LogP contribution in [0.2, 0.25) is 0 Å². The highest BCUT2D eigenvalue weighted by Gasteiger charge is 2.26. The smallest absolute Gasteiger partial charge is 0.258 e. The number of nitro groups is 2. The van der Waals surface area contributed by atoms with Gasteiger partial charge in [-0.3, -0.25) is 20.2 Å². The summed E-state index contributed by atoms with van der Waals surface area (Å²) in [7, 11) is 0. The second-order valence-electron chi connectivity index (χ2n) is 2.09. The predicted octanol–water partition coefficient (Wildman–Crippen LogP) is 1.68. The fraction of sp³-hybridized carbons (Fsp3) is 0. The molecule has 0 bridgehead atoms. The van der Waals surface area contributed by atoms with Gasteiger partial charge in [-0.25, -0.2) is 0 Å². The van der Waals surface area contributed by atoms with Crippen LogP contribution in [0, 0.1) is 20.2 Å². The van der Waals surface area contributed by atoms with Crippen molar-refractivity contribution in [3.05, 3.63) is 69.1 Å². The SMILES string of the molecule is C=C/C=C(\C(=C/C=C)[N+](=O)[O-])[N+](=O)[O-]. The van der Waals surface area contributed by atoms with Crippen LogP contribution in [0.3, 0.4) is 0 Å². The van der Waals surface area contributed by atoms with Crippen molar-refractivity contribution in [3.63, 3.8) is 0 Å². The highest BCUT2D eigenvalue weighted by molar-refractivity contribution is 5.24. The van der Waals surface area contributed by atoms with Gasteiger partial charge in [-0.2, -0.15) is 0 Å². The number of hydrogen-bond acceptors (Lipinski definition) is 4. The number of nitrogens with zero attached hydrogens (tertiary/aromatic N) is 2. The van der Waals surface area contributed by atoms with Crippen LogP contribution >= 0.6 is 0 Å². The first kappa shape index (κ1) is 11.8. The molecule has 0 fully saturated rings. The summed E-state index contributed by atoms with van der Waals surface area (Å²) in [5.41, 5.74) is -1.24. The van der Waals surface area contributed by atoms with E-state index in [0.717, 1.165) is 24.3 Å². The minimum absolute atomic E-state index is 0.620. The van der Waals surface area contributed by atoms with E-state index in [-0.39, 0.29) is 0 Å². The van der Waals surface area contributed by atoms with Gasteiger partial charge in [-0.05, 0) is 0 Å². The maximum Gasteiger partial charge on any atom is 0.346 e. The molecule has 74 valence electrons. The van der Waals surface area contributed by atoms with Gasteiger partial charge in [0.15, 0.2) is 0 Å². The Morgan fingerprint density at radius 3 is 1.36 bits per heavy atom. The van der Waals surface area contributed by atoms with Crippen molar-refractivity contribution in [2.75, 3.05) is 0 Å². The first-order valence-electron chi connectivity index (χ1n) is 3.49. The molecule has 0 atom stereocenters. The minimum atomic E-state index is -0.847. The van der Waals surface area contributed by atoms with Gasteiger partial charge >= 0.3 is 11.4 Å². The quantitative estimate of drug-likeness (QED) is 0.380. The third kappa shape index (κ3) is 3.02. The zero-order valence-electron chi connectivity index (χ0n) is 7.25. The van der Waals surface area contributed by atoms with E-state index in [1.165, 1.54) is 0 Å². The molecule has 0 aromatic carbocycles. The number of allylic oxidation sites excluding steroid dienone is 4. The Bertz CT molecular complexity index is 307. The first-order valence-corrected chi connectivity index (χ1v) is 3.49. The van der Waals surface area contributed by atoms with Crippen molar-refractivity contribution in [2.24, 2.45) is 0 Å². The Balaban J connectivity index is 5.35. The molecule has 0 heterocycles. The molecule has 6 heteroatoms. The summed E-state index contributed by atoms with van der Waals surface area (Å²) in [5, 5.41) is 20.8. The Kier molecular flexibility index (Phi) is 4.55. The van der Waals surface area contributed by atoms with Gasteiger partial charge < -0.3 is 0 Å². The summed E-state index contributed by atoms with van der Waals surface area (Å²) in [6.45, 7) is 6.46. The van der Waals surface area contributed by atoms with Crippen LogP contribution in [0.4, 0.5) is 0 Å². The second kappa shape index (κ2) is 5.41. The van der Waals surface area contributed by atoms with Crippen LogP contribution in [0.5, 0.6) is 0 Å². The van der Waals surface area contributed by atoms with Crippen LogP contribution in [0.1, 0.15) is 0 Å². The molecular formula is C8H8N2O4. The van der Waals surface area contributed by atoms with Crippen molar-refractivity contribution in [1.82, 2.24) is 0 Å². The molecule has 0 radical (unpaired) electrons. The standard InChI is InChI=1S/C8H8N2O4/c1-3-5-7(9(11)12)8(6-4-2)10(13)14/h3-6H,1-2H2/b7-5+,8-6+. The van der Waals surface area contributed by atoms with Gasteiger partial charge in [0.25, 0.3) is 0 Å². The lowest BCUT2D eigenvalue weighted by Crippen LogP contribution is -2.09. The number of rotatable bonds is 5. The average Bonchev–Trinajstić information content (AvgIpc) is 2.10. The Morgan fingerprint density at radius 2 is 1.21 bits per heavy atom. The monoisotopic (exact) mass is 196 g/mol. The third-order valence-electron chi connectivity index (χ3n) is 1.21. The molecule has 0 aliphatic heterocycles. The Morgan fingerprint density at radius 1 is 0.929 bits per heavy atom. The van der Waals surface area contributed by atoms with Crippen molar-refractivity contribution >= 4 is 0 Å². The molecule has 0 rings (SSSR count). The average molecular weight is 196 g/mol. The topological polar surface area (TPSA) is 86.3 Å². The molecule has 0 aliphatic rings. The van der Waals surface area contributed by atoms with Crippen LogP contribution in [-0.2, 0) is 0 Å². The molecule has 0 N–H and O–H groups in total. The fourth-order valence-electron chi connectivity index (χ4n) is 0.703. The molecule has 0 unspecified atom stereocenters. The first-order chi connectivity index (χ1) is 6.54. The van der Waals surface area contributed by atoms with E-state index in [1.807, 2.05) is 0 Å². The zero-order chi connectivity index (χ0) is 11.1. The maximum atomic E-state index is 10.4. The van der Waals surface area contributed by atoms with Crippen molar-refractivity contribution < 1.29 is 9.85 Å². The van der Waals surface area contributed by atoms with Crippen LogP contribution in [0.15, 0.2) is 48.9 Å².